The summed E-state index contributed by atoms with van der Waals surface area (Å²) in [5.41, 5.74) is 1.44. The Morgan fingerprint density at radius 3 is 2.50 bits per heavy atom. The molecule has 0 atom stereocenters. The number of thiazole rings is 1. The van der Waals surface area contributed by atoms with Gasteiger partial charge in [-0.3, -0.25) is 4.90 Å². The maximum Gasteiger partial charge on any atom is 0.185 e. The first kappa shape index (κ1) is 13.6. The van der Waals surface area contributed by atoms with Gasteiger partial charge in [-0.05, 0) is 18.9 Å². The molecule has 1 aliphatic rings. The van der Waals surface area contributed by atoms with Gasteiger partial charge in [-0.25, -0.2) is 4.98 Å². The van der Waals surface area contributed by atoms with Gasteiger partial charge in [0.2, 0.25) is 0 Å². The van der Waals surface area contributed by atoms with E-state index in [1.165, 1.54) is 15.6 Å². The number of rotatable bonds is 4. The zero-order valence-corrected chi connectivity index (χ0v) is 12.8. The molecule has 106 valence electrons. The van der Waals surface area contributed by atoms with Crippen LogP contribution in [0.25, 0.3) is 0 Å². The quantitative estimate of drug-likeness (QED) is 0.862. The van der Waals surface area contributed by atoms with Crippen LogP contribution in [0.15, 0.2) is 36.5 Å². The van der Waals surface area contributed by atoms with Crippen molar-refractivity contribution in [1.29, 1.82) is 0 Å². The van der Waals surface area contributed by atoms with Crippen molar-refractivity contribution in [3.63, 3.8) is 0 Å². The van der Waals surface area contributed by atoms with Crippen molar-refractivity contribution in [2.24, 2.45) is 0 Å². The Kier molecular flexibility index (Phi) is 4.33. The minimum absolute atomic E-state index is 1.10. The number of benzene rings is 1. The van der Waals surface area contributed by atoms with E-state index in [2.05, 4.69) is 52.0 Å². The van der Waals surface area contributed by atoms with E-state index in [1.807, 2.05) is 6.20 Å². The highest BCUT2D eigenvalue weighted by Crippen LogP contribution is 2.22. The average molecular weight is 287 g/mol. The van der Waals surface area contributed by atoms with Crippen LogP contribution in [-0.2, 0) is 6.42 Å². The summed E-state index contributed by atoms with van der Waals surface area (Å²) in [6.07, 6.45) is 3.12. The molecule has 0 unspecified atom stereocenters. The Labute approximate surface area is 124 Å². The van der Waals surface area contributed by atoms with Gasteiger partial charge in [0.1, 0.15) is 0 Å². The molecule has 0 saturated carbocycles. The molecule has 0 bridgehead atoms. The van der Waals surface area contributed by atoms with Crippen LogP contribution in [0.1, 0.15) is 10.4 Å². The summed E-state index contributed by atoms with van der Waals surface area (Å²) >= 11 is 1.80. The van der Waals surface area contributed by atoms with Crippen molar-refractivity contribution in [2.75, 3.05) is 37.6 Å². The van der Waals surface area contributed by atoms with Crippen LogP contribution in [0, 0.1) is 6.92 Å². The van der Waals surface area contributed by atoms with E-state index in [0.29, 0.717) is 0 Å². The largest absolute Gasteiger partial charge is 0.346 e. The predicted molar refractivity (Wildman–Crippen MR) is 85.7 cm³/mol. The lowest BCUT2D eigenvalue weighted by atomic mass is 10.1. The molecule has 0 spiro atoms. The van der Waals surface area contributed by atoms with E-state index in [0.717, 1.165) is 39.1 Å². The van der Waals surface area contributed by atoms with Gasteiger partial charge in [-0.15, -0.1) is 11.3 Å². The monoisotopic (exact) mass is 287 g/mol. The topological polar surface area (TPSA) is 19.4 Å². The Hall–Kier alpha value is -1.39. The Bertz CT molecular complexity index is 530. The molecule has 20 heavy (non-hydrogen) atoms. The van der Waals surface area contributed by atoms with Crippen molar-refractivity contribution in [1.82, 2.24) is 9.88 Å². The molecule has 4 heteroatoms. The van der Waals surface area contributed by atoms with Crippen molar-refractivity contribution in [2.45, 2.75) is 13.3 Å². The summed E-state index contributed by atoms with van der Waals surface area (Å²) in [6, 6.07) is 10.8. The lowest BCUT2D eigenvalue weighted by Crippen LogP contribution is -2.46. The van der Waals surface area contributed by atoms with Crippen molar-refractivity contribution in [3.8, 4) is 0 Å². The third-order valence-electron chi connectivity index (χ3n) is 3.81. The summed E-state index contributed by atoms with van der Waals surface area (Å²) < 4.78 is 0. The van der Waals surface area contributed by atoms with E-state index < -0.39 is 0 Å². The van der Waals surface area contributed by atoms with Crippen LogP contribution >= 0.6 is 11.3 Å². The van der Waals surface area contributed by atoms with Gasteiger partial charge in [0.05, 0.1) is 0 Å². The molecule has 1 aliphatic heterocycles. The Morgan fingerprint density at radius 1 is 1.10 bits per heavy atom. The fourth-order valence-corrected chi connectivity index (χ4v) is 3.39. The summed E-state index contributed by atoms with van der Waals surface area (Å²) in [7, 11) is 0. The maximum atomic E-state index is 4.48. The lowest BCUT2D eigenvalue weighted by molar-refractivity contribution is 0.261. The van der Waals surface area contributed by atoms with E-state index in [4.69, 9.17) is 0 Å². The van der Waals surface area contributed by atoms with Crippen LogP contribution in [0.5, 0.6) is 0 Å². The molecule has 0 radical (unpaired) electrons. The van der Waals surface area contributed by atoms with Gasteiger partial charge >= 0.3 is 0 Å². The van der Waals surface area contributed by atoms with Crippen LogP contribution in [0.2, 0.25) is 0 Å². The Balaban J connectivity index is 1.47. The summed E-state index contributed by atoms with van der Waals surface area (Å²) in [6.45, 7) is 7.77. The number of hydrogen-bond acceptors (Lipinski definition) is 4. The number of piperazine rings is 1. The van der Waals surface area contributed by atoms with E-state index in [9.17, 15) is 0 Å². The molecule has 1 aromatic heterocycles. The third kappa shape index (κ3) is 3.38. The van der Waals surface area contributed by atoms with Crippen LogP contribution in [0.3, 0.4) is 0 Å². The fraction of sp³-hybridized carbons (Fsp3) is 0.438. The molecule has 1 fully saturated rings. The van der Waals surface area contributed by atoms with Crippen molar-refractivity contribution >= 4 is 16.5 Å². The lowest BCUT2D eigenvalue weighted by Gasteiger charge is -2.34. The first-order chi connectivity index (χ1) is 9.81. The van der Waals surface area contributed by atoms with E-state index >= 15 is 0 Å². The summed E-state index contributed by atoms with van der Waals surface area (Å²) in [4.78, 5) is 10.8. The molecular formula is C16H21N3S. The number of nitrogens with zero attached hydrogens (tertiary/aromatic N) is 3. The highest BCUT2D eigenvalue weighted by Gasteiger charge is 2.18. The first-order valence-corrected chi connectivity index (χ1v) is 8.06. The minimum Gasteiger partial charge on any atom is -0.346 e. The number of anilines is 1. The third-order valence-corrected chi connectivity index (χ3v) is 4.78. The fourth-order valence-electron chi connectivity index (χ4n) is 2.58. The second kappa shape index (κ2) is 6.37. The second-order valence-electron chi connectivity index (χ2n) is 5.32. The summed E-state index contributed by atoms with van der Waals surface area (Å²) in [5.74, 6) is 0. The zero-order valence-electron chi connectivity index (χ0n) is 12.0. The van der Waals surface area contributed by atoms with Crippen molar-refractivity contribution < 1.29 is 0 Å². The summed E-state index contributed by atoms with van der Waals surface area (Å²) in [5, 5.41) is 1.19. The van der Waals surface area contributed by atoms with Crippen LogP contribution in [0.4, 0.5) is 5.13 Å². The van der Waals surface area contributed by atoms with Gasteiger partial charge in [-0.2, -0.15) is 0 Å². The van der Waals surface area contributed by atoms with Gasteiger partial charge in [0.15, 0.2) is 5.13 Å². The SMILES string of the molecule is Cc1cnc(N2CCN(CCc3ccccc3)CC2)s1. The minimum atomic E-state index is 1.10. The van der Waals surface area contributed by atoms with E-state index in [1.54, 1.807) is 11.3 Å². The molecule has 3 rings (SSSR count). The molecule has 0 amide bonds. The van der Waals surface area contributed by atoms with E-state index in [-0.39, 0.29) is 0 Å². The van der Waals surface area contributed by atoms with Crippen LogP contribution < -0.4 is 4.90 Å². The predicted octanol–water partition coefficient (Wildman–Crippen LogP) is 2.82. The average Bonchev–Trinajstić information content (AvgIpc) is 2.93. The molecule has 0 aliphatic carbocycles. The smallest absolute Gasteiger partial charge is 0.185 e. The van der Waals surface area contributed by atoms with Gasteiger partial charge in [-0.1, -0.05) is 30.3 Å². The highest BCUT2D eigenvalue weighted by atomic mass is 32.1. The molecule has 0 N–H and O–H groups in total. The Morgan fingerprint density at radius 2 is 1.85 bits per heavy atom. The van der Waals surface area contributed by atoms with Gasteiger partial charge in [0, 0.05) is 43.8 Å². The zero-order chi connectivity index (χ0) is 13.8. The second-order valence-corrected chi connectivity index (χ2v) is 6.53. The molecule has 3 nitrogen and oxygen atoms in total. The maximum absolute atomic E-state index is 4.48. The molecular weight excluding hydrogens is 266 g/mol. The number of aryl methyl sites for hydroxylation is 1. The molecule has 1 aromatic carbocycles. The molecule has 2 aromatic rings. The number of aromatic nitrogens is 1. The van der Waals surface area contributed by atoms with Gasteiger partial charge < -0.3 is 4.90 Å². The highest BCUT2D eigenvalue weighted by molar-refractivity contribution is 7.15. The van der Waals surface area contributed by atoms with Gasteiger partial charge in [0.25, 0.3) is 0 Å². The number of hydrogen-bond donors (Lipinski definition) is 0. The molecule has 2 heterocycles. The molecule has 1 saturated heterocycles. The first-order valence-electron chi connectivity index (χ1n) is 7.25. The van der Waals surface area contributed by atoms with Crippen LogP contribution in [-0.4, -0.2) is 42.6 Å². The standard InChI is InChI=1S/C16H21N3S/c1-14-13-17-16(20-14)19-11-9-18(10-12-19)8-7-15-5-3-2-4-6-15/h2-6,13H,7-12H2,1H3. The normalized spacial score (nSPS) is 16.6. The van der Waals surface area contributed by atoms with Crippen molar-refractivity contribution in [3.05, 3.63) is 47.0 Å².